The molecule has 0 radical (unpaired) electrons. The van der Waals surface area contributed by atoms with Gasteiger partial charge in [0.2, 0.25) is 0 Å². The Bertz CT molecular complexity index is 854. The van der Waals surface area contributed by atoms with E-state index in [0.717, 1.165) is 0 Å². The summed E-state index contributed by atoms with van der Waals surface area (Å²) in [6, 6.07) is 12.7. The molecule has 0 amide bonds. The van der Waals surface area contributed by atoms with Crippen molar-refractivity contribution in [1.29, 1.82) is 0 Å². The molecule has 2 aromatic rings. The van der Waals surface area contributed by atoms with E-state index in [-0.39, 0.29) is 22.8 Å². The van der Waals surface area contributed by atoms with Crippen molar-refractivity contribution in [3.8, 4) is 11.5 Å². The Morgan fingerprint density at radius 2 is 1.42 bits per heavy atom. The fourth-order valence-corrected chi connectivity index (χ4v) is 2.55. The van der Waals surface area contributed by atoms with Gasteiger partial charge < -0.3 is 9.47 Å². The Morgan fingerprint density at radius 1 is 0.808 bits per heavy atom. The Labute approximate surface area is 150 Å². The minimum atomic E-state index is -1.02. The highest BCUT2D eigenvalue weighted by atomic mass is 16.5. The first-order valence-electron chi connectivity index (χ1n) is 7.90. The molecule has 0 aliphatic heterocycles. The van der Waals surface area contributed by atoms with Crippen LogP contribution in [0.1, 0.15) is 42.6 Å². The van der Waals surface area contributed by atoms with E-state index in [1.807, 2.05) is 0 Å². The van der Waals surface area contributed by atoms with Crippen LogP contribution in [0.4, 0.5) is 0 Å². The van der Waals surface area contributed by atoms with E-state index in [2.05, 4.69) is 0 Å². The number of ether oxygens (including phenoxy) is 2. The SMILES string of the molecule is CC(=O)Oc1ccc(C(=O)[C@H](C(C)=O)c2ccccc2)c(OC(C)=O)c1. The lowest BCUT2D eigenvalue weighted by Crippen LogP contribution is -2.21. The van der Waals surface area contributed by atoms with E-state index in [1.54, 1.807) is 30.3 Å². The van der Waals surface area contributed by atoms with Gasteiger partial charge in [0.05, 0.1) is 5.56 Å². The van der Waals surface area contributed by atoms with Gasteiger partial charge in [-0.25, -0.2) is 0 Å². The highest BCUT2D eigenvalue weighted by Crippen LogP contribution is 2.31. The molecular formula is C20H18O6. The van der Waals surface area contributed by atoms with Crippen molar-refractivity contribution in [1.82, 2.24) is 0 Å². The fourth-order valence-electron chi connectivity index (χ4n) is 2.55. The lowest BCUT2D eigenvalue weighted by atomic mass is 9.87. The van der Waals surface area contributed by atoms with E-state index >= 15 is 0 Å². The van der Waals surface area contributed by atoms with Crippen molar-refractivity contribution in [2.75, 3.05) is 0 Å². The minimum Gasteiger partial charge on any atom is -0.427 e. The first kappa shape index (κ1) is 19.1. The van der Waals surface area contributed by atoms with Crippen LogP contribution >= 0.6 is 0 Å². The quantitative estimate of drug-likeness (QED) is 0.343. The molecule has 2 rings (SSSR count). The number of esters is 2. The van der Waals surface area contributed by atoms with Gasteiger partial charge in [-0.1, -0.05) is 30.3 Å². The summed E-state index contributed by atoms with van der Waals surface area (Å²) in [5.41, 5.74) is 0.600. The van der Waals surface area contributed by atoms with Crippen LogP contribution in [-0.2, 0) is 14.4 Å². The molecule has 26 heavy (non-hydrogen) atoms. The Kier molecular flexibility index (Phi) is 6.01. The summed E-state index contributed by atoms with van der Waals surface area (Å²) in [4.78, 5) is 47.6. The number of benzene rings is 2. The van der Waals surface area contributed by atoms with Crippen molar-refractivity contribution in [2.24, 2.45) is 0 Å². The van der Waals surface area contributed by atoms with Gasteiger partial charge >= 0.3 is 11.9 Å². The van der Waals surface area contributed by atoms with Crippen LogP contribution in [-0.4, -0.2) is 23.5 Å². The first-order chi connectivity index (χ1) is 12.3. The molecule has 0 spiro atoms. The summed E-state index contributed by atoms with van der Waals surface area (Å²) in [7, 11) is 0. The molecule has 1 atom stereocenters. The standard InChI is InChI=1S/C20H18O6/c1-12(21)19(15-7-5-4-6-8-15)20(24)17-10-9-16(25-13(2)22)11-18(17)26-14(3)23/h4-11,19H,1-3H3/t19-/m1/s1. The van der Waals surface area contributed by atoms with Gasteiger partial charge in [0.1, 0.15) is 23.2 Å². The predicted molar refractivity (Wildman–Crippen MR) is 93.3 cm³/mol. The molecule has 6 nitrogen and oxygen atoms in total. The van der Waals surface area contributed by atoms with Crippen LogP contribution in [0.2, 0.25) is 0 Å². The summed E-state index contributed by atoms with van der Waals surface area (Å²) < 4.78 is 10.0. The largest absolute Gasteiger partial charge is 0.427 e. The summed E-state index contributed by atoms with van der Waals surface area (Å²) in [5, 5.41) is 0. The van der Waals surface area contributed by atoms with Crippen LogP contribution in [0.25, 0.3) is 0 Å². The average Bonchev–Trinajstić information content (AvgIpc) is 2.54. The third-order valence-electron chi connectivity index (χ3n) is 3.54. The first-order valence-corrected chi connectivity index (χ1v) is 7.90. The third kappa shape index (κ3) is 4.63. The van der Waals surface area contributed by atoms with E-state index in [4.69, 9.17) is 9.47 Å². The fraction of sp³-hybridized carbons (Fsp3) is 0.200. The number of hydrogen-bond donors (Lipinski definition) is 0. The van der Waals surface area contributed by atoms with Crippen molar-refractivity contribution >= 4 is 23.5 Å². The van der Waals surface area contributed by atoms with Crippen molar-refractivity contribution in [3.63, 3.8) is 0 Å². The number of ketones is 2. The Balaban J connectivity index is 2.49. The lowest BCUT2D eigenvalue weighted by molar-refractivity contribution is -0.132. The number of Topliss-reactive ketones (excluding diaryl/α,β-unsaturated/α-hetero) is 2. The summed E-state index contributed by atoms with van der Waals surface area (Å²) >= 11 is 0. The van der Waals surface area contributed by atoms with Crippen molar-refractivity contribution < 1.29 is 28.7 Å². The minimum absolute atomic E-state index is 0.0557. The van der Waals surface area contributed by atoms with Crippen molar-refractivity contribution in [3.05, 3.63) is 59.7 Å². The highest BCUT2D eigenvalue weighted by Gasteiger charge is 2.29. The van der Waals surface area contributed by atoms with E-state index in [0.29, 0.717) is 5.56 Å². The molecule has 0 N–H and O–H groups in total. The maximum Gasteiger partial charge on any atom is 0.308 e. The monoisotopic (exact) mass is 354 g/mol. The maximum atomic E-state index is 13.0. The number of carbonyl (C=O) groups excluding carboxylic acids is 4. The molecular weight excluding hydrogens is 336 g/mol. The molecule has 0 bridgehead atoms. The smallest absolute Gasteiger partial charge is 0.308 e. The summed E-state index contributed by atoms with van der Waals surface area (Å²) in [6.07, 6.45) is 0. The molecule has 0 aliphatic rings. The van der Waals surface area contributed by atoms with Gasteiger partial charge in [-0.2, -0.15) is 0 Å². The molecule has 0 fully saturated rings. The van der Waals surface area contributed by atoms with Gasteiger partial charge in [0.25, 0.3) is 0 Å². The van der Waals surface area contributed by atoms with Crippen LogP contribution in [0.3, 0.4) is 0 Å². The summed E-state index contributed by atoms with van der Waals surface area (Å²) in [5.74, 6) is -2.99. The van der Waals surface area contributed by atoms with Crippen LogP contribution in [0, 0.1) is 0 Å². The van der Waals surface area contributed by atoms with Crippen LogP contribution in [0.5, 0.6) is 11.5 Å². The molecule has 0 aromatic heterocycles. The average molecular weight is 354 g/mol. The van der Waals surface area contributed by atoms with E-state index in [1.165, 1.54) is 39.0 Å². The van der Waals surface area contributed by atoms with Gasteiger partial charge in [0, 0.05) is 19.9 Å². The van der Waals surface area contributed by atoms with Gasteiger partial charge in [-0.15, -0.1) is 0 Å². The van der Waals surface area contributed by atoms with Gasteiger partial charge in [-0.3, -0.25) is 19.2 Å². The molecule has 2 aromatic carbocycles. The van der Waals surface area contributed by atoms with E-state index in [9.17, 15) is 19.2 Å². The zero-order chi connectivity index (χ0) is 19.3. The Morgan fingerprint density at radius 3 is 1.96 bits per heavy atom. The lowest BCUT2D eigenvalue weighted by Gasteiger charge is -2.16. The molecule has 0 saturated carbocycles. The molecule has 0 unspecified atom stereocenters. The van der Waals surface area contributed by atoms with Crippen LogP contribution < -0.4 is 9.47 Å². The summed E-state index contributed by atoms with van der Waals surface area (Å²) in [6.45, 7) is 3.74. The zero-order valence-corrected chi connectivity index (χ0v) is 14.6. The molecule has 0 saturated heterocycles. The second-order valence-corrected chi connectivity index (χ2v) is 5.66. The molecule has 0 aliphatic carbocycles. The highest BCUT2D eigenvalue weighted by molar-refractivity contribution is 6.15. The second-order valence-electron chi connectivity index (χ2n) is 5.66. The zero-order valence-electron chi connectivity index (χ0n) is 14.6. The normalized spacial score (nSPS) is 11.3. The number of rotatable bonds is 6. The predicted octanol–water partition coefficient (Wildman–Crippen LogP) is 3.09. The molecule has 134 valence electrons. The molecule has 6 heteroatoms. The molecule has 0 heterocycles. The number of hydrogen-bond acceptors (Lipinski definition) is 6. The van der Waals surface area contributed by atoms with E-state index < -0.39 is 23.6 Å². The van der Waals surface area contributed by atoms with Gasteiger partial charge in [0.15, 0.2) is 5.78 Å². The third-order valence-corrected chi connectivity index (χ3v) is 3.54. The van der Waals surface area contributed by atoms with Gasteiger partial charge in [-0.05, 0) is 24.6 Å². The van der Waals surface area contributed by atoms with Crippen molar-refractivity contribution in [2.45, 2.75) is 26.7 Å². The Hall–Kier alpha value is -3.28. The second kappa shape index (κ2) is 8.20. The maximum absolute atomic E-state index is 13.0. The van der Waals surface area contributed by atoms with Crippen LogP contribution in [0.15, 0.2) is 48.5 Å². The topological polar surface area (TPSA) is 86.7 Å². The number of carbonyl (C=O) groups is 4.